The van der Waals surface area contributed by atoms with Crippen molar-refractivity contribution in [3.05, 3.63) is 58.5 Å². The van der Waals surface area contributed by atoms with Crippen LogP contribution in [0.25, 0.3) is 21.2 Å². The van der Waals surface area contributed by atoms with Crippen molar-refractivity contribution in [2.45, 2.75) is 13.8 Å². The zero-order valence-electron chi connectivity index (χ0n) is 10.9. The highest BCUT2D eigenvalue weighted by molar-refractivity contribution is 7.17. The summed E-state index contributed by atoms with van der Waals surface area (Å²) in [6.45, 7) is 4.05. The van der Waals surface area contributed by atoms with Crippen LogP contribution < -0.4 is 0 Å². The van der Waals surface area contributed by atoms with E-state index in [-0.39, 0.29) is 0 Å². The van der Waals surface area contributed by atoms with Gasteiger partial charge in [0.15, 0.2) is 0 Å². The number of benzene rings is 2. The largest absolute Gasteiger partial charge is 0.298 e. The average Bonchev–Trinajstić information content (AvgIpc) is 2.85. The number of aryl methyl sites for hydroxylation is 1. The van der Waals surface area contributed by atoms with E-state index >= 15 is 0 Å². The third kappa shape index (κ3) is 1.98. The fourth-order valence-electron chi connectivity index (χ4n) is 2.37. The molecule has 0 amide bonds. The van der Waals surface area contributed by atoms with Crippen molar-refractivity contribution in [2.24, 2.45) is 0 Å². The van der Waals surface area contributed by atoms with Crippen molar-refractivity contribution in [2.75, 3.05) is 0 Å². The maximum atomic E-state index is 11.2. The van der Waals surface area contributed by atoms with Gasteiger partial charge in [0.1, 0.15) is 6.29 Å². The van der Waals surface area contributed by atoms with Crippen molar-refractivity contribution < 1.29 is 4.79 Å². The van der Waals surface area contributed by atoms with Gasteiger partial charge < -0.3 is 0 Å². The van der Waals surface area contributed by atoms with Crippen LogP contribution in [0.2, 0.25) is 0 Å². The van der Waals surface area contributed by atoms with Crippen LogP contribution >= 0.6 is 11.3 Å². The van der Waals surface area contributed by atoms with Gasteiger partial charge in [-0.05, 0) is 48.1 Å². The smallest absolute Gasteiger partial charge is 0.150 e. The molecule has 1 heterocycles. The molecule has 0 aliphatic carbocycles. The Hall–Kier alpha value is -1.93. The summed E-state index contributed by atoms with van der Waals surface area (Å²) in [5.41, 5.74) is 5.35. The Morgan fingerprint density at radius 3 is 2.68 bits per heavy atom. The molecule has 2 heteroatoms. The molecule has 0 atom stereocenters. The van der Waals surface area contributed by atoms with Gasteiger partial charge in [-0.3, -0.25) is 4.79 Å². The van der Waals surface area contributed by atoms with E-state index in [1.54, 1.807) is 11.3 Å². The first-order valence-electron chi connectivity index (χ1n) is 6.23. The Bertz CT molecular complexity index is 768. The Labute approximate surface area is 116 Å². The summed E-state index contributed by atoms with van der Waals surface area (Å²) in [6.07, 6.45) is 0.945. The minimum atomic E-state index is 0.783. The van der Waals surface area contributed by atoms with Crippen LogP contribution in [0.1, 0.15) is 21.5 Å². The molecular weight excluding hydrogens is 252 g/mol. The molecule has 1 aromatic heterocycles. The minimum absolute atomic E-state index is 0.783. The molecular formula is C17H14OS. The third-order valence-corrected chi connectivity index (χ3v) is 4.59. The third-order valence-electron chi connectivity index (χ3n) is 3.63. The Balaban J connectivity index is 2.27. The lowest BCUT2D eigenvalue weighted by Gasteiger charge is -2.08. The van der Waals surface area contributed by atoms with Crippen LogP contribution in [-0.4, -0.2) is 6.29 Å². The number of carbonyl (C=O) groups excluding carboxylic acids is 1. The molecule has 94 valence electrons. The highest BCUT2D eigenvalue weighted by atomic mass is 32.1. The molecule has 3 rings (SSSR count). The molecule has 0 aliphatic heterocycles. The minimum Gasteiger partial charge on any atom is -0.298 e. The molecule has 0 fully saturated rings. The molecule has 1 nitrogen and oxygen atoms in total. The lowest BCUT2D eigenvalue weighted by molar-refractivity contribution is 0.112. The highest BCUT2D eigenvalue weighted by Crippen LogP contribution is 2.35. The monoisotopic (exact) mass is 266 g/mol. The Morgan fingerprint density at radius 2 is 1.89 bits per heavy atom. The molecule has 0 N–H and O–H groups in total. The summed E-state index contributed by atoms with van der Waals surface area (Å²) in [7, 11) is 0. The van der Waals surface area contributed by atoms with Gasteiger partial charge in [-0.2, -0.15) is 0 Å². The van der Waals surface area contributed by atoms with E-state index in [9.17, 15) is 4.79 Å². The van der Waals surface area contributed by atoms with Crippen molar-refractivity contribution in [3.63, 3.8) is 0 Å². The number of hydrogen-bond donors (Lipinski definition) is 0. The quantitative estimate of drug-likeness (QED) is 0.597. The van der Waals surface area contributed by atoms with Crippen LogP contribution in [0.5, 0.6) is 0 Å². The SMILES string of the molecule is Cc1cc(-c2csc3ccccc23)cc(C=O)c1C. The first-order chi connectivity index (χ1) is 9.20. The normalized spacial score (nSPS) is 10.8. The van der Waals surface area contributed by atoms with E-state index in [0.29, 0.717) is 0 Å². The van der Waals surface area contributed by atoms with E-state index in [2.05, 4.69) is 42.6 Å². The summed E-state index contributed by atoms with van der Waals surface area (Å²) in [6, 6.07) is 12.5. The number of carbonyl (C=O) groups is 1. The lowest BCUT2D eigenvalue weighted by atomic mass is 9.96. The second kappa shape index (κ2) is 4.63. The second-order valence-corrected chi connectivity index (χ2v) is 5.68. The molecule has 3 aromatic rings. The summed E-state index contributed by atoms with van der Waals surface area (Å²) in [5.74, 6) is 0. The van der Waals surface area contributed by atoms with E-state index in [4.69, 9.17) is 0 Å². The van der Waals surface area contributed by atoms with Gasteiger partial charge in [-0.15, -0.1) is 11.3 Å². The highest BCUT2D eigenvalue weighted by Gasteiger charge is 2.09. The number of thiophene rings is 1. The van der Waals surface area contributed by atoms with Crippen LogP contribution in [-0.2, 0) is 0 Å². The number of fused-ring (bicyclic) bond motifs is 1. The van der Waals surface area contributed by atoms with Gasteiger partial charge in [-0.25, -0.2) is 0 Å². The topological polar surface area (TPSA) is 17.1 Å². The molecule has 0 radical (unpaired) electrons. The van der Waals surface area contributed by atoms with Crippen LogP contribution in [0.3, 0.4) is 0 Å². The average molecular weight is 266 g/mol. The van der Waals surface area contributed by atoms with Crippen LogP contribution in [0.4, 0.5) is 0 Å². The Morgan fingerprint density at radius 1 is 1.11 bits per heavy atom. The van der Waals surface area contributed by atoms with Crippen molar-refractivity contribution >= 4 is 27.7 Å². The predicted octanol–water partition coefficient (Wildman–Crippen LogP) is 5.00. The lowest BCUT2D eigenvalue weighted by Crippen LogP contribution is -1.91. The van der Waals surface area contributed by atoms with Crippen LogP contribution in [0.15, 0.2) is 41.8 Å². The first kappa shape index (κ1) is 12.1. The summed E-state index contributed by atoms with van der Waals surface area (Å²) in [5, 5.41) is 3.43. The number of rotatable bonds is 2. The summed E-state index contributed by atoms with van der Waals surface area (Å²) >= 11 is 1.74. The fraction of sp³-hybridized carbons (Fsp3) is 0.118. The molecule has 0 bridgehead atoms. The van der Waals surface area contributed by atoms with E-state index in [1.807, 2.05) is 13.0 Å². The molecule has 19 heavy (non-hydrogen) atoms. The molecule has 0 saturated carbocycles. The molecule has 0 unspecified atom stereocenters. The van der Waals surface area contributed by atoms with E-state index < -0.39 is 0 Å². The summed E-state index contributed by atoms with van der Waals surface area (Å²) in [4.78, 5) is 11.2. The summed E-state index contributed by atoms with van der Waals surface area (Å²) < 4.78 is 1.28. The molecule has 0 aliphatic rings. The van der Waals surface area contributed by atoms with Crippen molar-refractivity contribution in [1.29, 1.82) is 0 Å². The van der Waals surface area contributed by atoms with Gasteiger partial charge in [0.25, 0.3) is 0 Å². The van der Waals surface area contributed by atoms with E-state index in [0.717, 1.165) is 28.5 Å². The van der Waals surface area contributed by atoms with Crippen LogP contribution in [0, 0.1) is 13.8 Å². The second-order valence-electron chi connectivity index (χ2n) is 4.77. The fourth-order valence-corrected chi connectivity index (χ4v) is 3.34. The predicted molar refractivity (Wildman–Crippen MR) is 82.1 cm³/mol. The number of aldehydes is 1. The van der Waals surface area contributed by atoms with E-state index in [1.165, 1.54) is 15.6 Å². The number of hydrogen-bond acceptors (Lipinski definition) is 2. The Kier molecular flexibility index (Phi) is 2.96. The first-order valence-corrected chi connectivity index (χ1v) is 7.11. The van der Waals surface area contributed by atoms with Gasteiger partial charge in [0, 0.05) is 21.2 Å². The standard InChI is InChI=1S/C17H14OS/c1-11-7-13(8-14(9-18)12(11)2)16-10-19-17-6-4-3-5-15(16)17/h3-10H,1-2H3. The van der Waals surface area contributed by atoms with Gasteiger partial charge in [0.05, 0.1) is 0 Å². The van der Waals surface area contributed by atoms with Crippen molar-refractivity contribution in [1.82, 2.24) is 0 Å². The van der Waals surface area contributed by atoms with Gasteiger partial charge in [0.2, 0.25) is 0 Å². The zero-order chi connectivity index (χ0) is 13.4. The zero-order valence-corrected chi connectivity index (χ0v) is 11.8. The van der Waals surface area contributed by atoms with Gasteiger partial charge in [-0.1, -0.05) is 24.3 Å². The van der Waals surface area contributed by atoms with Crippen molar-refractivity contribution in [3.8, 4) is 11.1 Å². The molecule has 0 saturated heterocycles. The maximum absolute atomic E-state index is 11.2. The maximum Gasteiger partial charge on any atom is 0.150 e. The molecule has 2 aromatic carbocycles. The van der Waals surface area contributed by atoms with Gasteiger partial charge >= 0.3 is 0 Å². The molecule has 0 spiro atoms.